The van der Waals surface area contributed by atoms with Gasteiger partial charge in [-0.2, -0.15) is 0 Å². The van der Waals surface area contributed by atoms with Crippen LogP contribution in [0.4, 0.5) is 0 Å². The SMILES string of the molecule is O=C(O)c1cccc(OC2(Oc3cccc(C(=O)O)c3)C=CC(c3ccccc3)=CC2)c1. The first-order valence-corrected chi connectivity index (χ1v) is 9.94. The Labute approximate surface area is 184 Å². The van der Waals surface area contributed by atoms with E-state index in [2.05, 4.69) is 0 Å². The van der Waals surface area contributed by atoms with E-state index in [9.17, 15) is 19.8 Å². The van der Waals surface area contributed by atoms with E-state index in [1.807, 2.05) is 42.5 Å². The predicted octanol–water partition coefficient (Wildman–Crippen LogP) is 5.28. The largest absolute Gasteiger partial charge is 0.478 e. The molecule has 6 heteroatoms. The fourth-order valence-electron chi connectivity index (χ4n) is 3.41. The number of carboxylic acids is 2. The number of allylic oxidation sites excluding steroid dienone is 2. The maximum absolute atomic E-state index is 11.4. The number of benzene rings is 3. The highest BCUT2D eigenvalue weighted by molar-refractivity contribution is 5.88. The van der Waals surface area contributed by atoms with E-state index in [0.717, 1.165) is 11.1 Å². The Kier molecular flexibility index (Phi) is 5.77. The third-order valence-corrected chi connectivity index (χ3v) is 4.97. The molecular weight excluding hydrogens is 408 g/mol. The molecule has 0 saturated heterocycles. The second kappa shape index (κ2) is 8.81. The maximum Gasteiger partial charge on any atom is 0.335 e. The number of hydrogen-bond acceptors (Lipinski definition) is 4. The Balaban J connectivity index is 1.67. The lowest BCUT2D eigenvalue weighted by molar-refractivity contribution is -0.0686. The Morgan fingerprint density at radius 3 is 1.78 bits per heavy atom. The lowest BCUT2D eigenvalue weighted by atomic mass is 9.96. The second-order valence-corrected chi connectivity index (χ2v) is 7.24. The van der Waals surface area contributed by atoms with Crippen LogP contribution in [-0.4, -0.2) is 27.9 Å². The summed E-state index contributed by atoms with van der Waals surface area (Å²) < 4.78 is 12.3. The fourth-order valence-corrected chi connectivity index (χ4v) is 3.41. The highest BCUT2D eigenvalue weighted by Gasteiger charge is 2.34. The van der Waals surface area contributed by atoms with Crippen molar-refractivity contribution in [2.45, 2.75) is 12.2 Å². The second-order valence-electron chi connectivity index (χ2n) is 7.24. The molecule has 0 saturated carbocycles. The van der Waals surface area contributed by atoms with E-state index in [4.69, 9.17) is 9.47 Å². The first-order chi connectivity index (χ1) is 15.4. The first kappa shape index (κ1) is 20.9. The monoisotopic (exact) mass is 428 g/mol. The summed E-state index contributed by atoms with van der Waals surface area (Å²) >= 11 is 0. The molecule has 0 fully saturated rings. The quantitative estimate of drug-likeness (QED) is 0.497. The third kappa shape index (κ3) is 4.70. The molecule has 1 aliphatic rings. The minimum absolute atomic E-state index is 0.0887. The lowest BCUT2D eigenvalue weighted by Gasteiger charge is -2.33. The van der Waals surface area contributed by atoms with Crippen molar-refractivity contribution in [3.8, 4) is 11.5 Å². The Hall–Kier alpha value is -4.32. The van der Waals surface area contributed by atoms with Crippen molar-refractivity contribution in [2.75, 3.05) is 0 Å². The topological polar surface area (TPSA) is 93.1 Å². The zero-order valence-electron chi connectivity index (χ0n) is 17.0. The van der Waals surface area contributed by atoms with Crippen molar-refractivity contribution in [3.63, 3.8) is 0 Å². The molecule has 0 radical (unpaired) electrons. The number of aromatic carboxylic acids is 2. The highest BCUT2D eigenvalue weighted by atomic mass is 16.7. The van der Waals surface area contributed by atoms with Gasteiger partial charge in [0.25, 0.3) is 5.79 Å². The van der Waals surface area contributed by atoms with Crippen LogP contribution in [0.5, 0.6) is 11.5 Å². The third-order valence-electron chi connectivity index (χ3n) is 4.97. The van der Waals surface area contributed by atoms with Gasteiger partial charge in [-0.3, -0.25) is 0 Å². The summed E-state index contributed by atoms with van der Waals surface area (Å²) in [7, 11) is 0. The molecule has 0 unspecified atom stereocenters. The summed E-state index contributed by atoms with van der Waals surface area (Å²) in [5.74, 6) is -2.77. The summed E-state index contributed by atoms with van der Waals surface area (Å²) in [6.45, 7) is 0. The number of ether oxygens (including phenoxy) is 2. The highest BCUT2D eigenvalue weighted by Crippen LogP contribution is 2.34. The Morgan fingerprint density at radius 2 is 1.31 bits per heavy atom. The average Bonchev–Trinajstić information content (AvgIpc) is 2.80. The van der Waals surface area contributed by atoms with E-state index in [1.165, 1.54) is 24.3 Å². The summed E-state index contributed by atoms with van der Waals surface area (Å²) in [5.41, 5.74) is 2.21. The van der Waals surface area contributed by atoms with Gasteiger partial charge in [-0.1, -0.05) is 54.6 Å². The smallest absolute Gasteiger partial charge is 0.335 e. The predicted molar refractivity (Wildman–Crippen MR) is 119 cm³/mol. The molecule has 0 aliphatic heterocycles. The summed E-state index contributed by atoms with van der Waals surface area (Å²) in [4.78, 5) is 22.7. The van der Waals surface area contributed by atoms with Crippen LogP contribution in [0.3, 0.4) is 0 Å². The number of carboxylic acid groups (broad SMARTS) is 2. The zero-order chi connectivity index (χ0) is 22.6. The van der Waals surface area contributed by atoms with Gasteiger partial charge >= 0.3 is 11.9 Å². The van der Waals surface area contributed by atoms with Crippen molar-refractivity contribution in [2.24, 2.45) is 0 Å². The molecule has 1 aliphatic carbocycles. The van der Waals surface area contributed by atoms with Crippen LogP contribution in [0.25, 0.3) is 5.57 Å². The Morgan fingerprint density at radius 1 is 0.750 bits per heavy atom. The molecule has 4 rings (SSSR count). The van der Waals surface area contributed by atoms with Crippen molar-refractivity contribution < 1.29 is 29.3 Å². The standard InChI is InChI=1S/C26H20O6/c27-24(28)20-8-4-10-22(16-20)31-26(32-23-11-5-9-21(17-23)25(29)30)14-12-19(13-15-26)18-6-2-1-3-7-18/h1-14,16-17H,15H2,(H,27,28)(H,29,30). The molecular formula is C26H20O6. The van der Waals surface area contributed by atoms with Crippen molar-refractivity contribution in [3.05, 3.63) is 114 Å². The minimum Gasteiger partial charge on any atom is -0.478 e. The summed E-state index contributed by atoms with van der Waals surface area (Å²) in [5, 5.41) is 18.6. The van der Waals surface area contributed by atoms with Crippen LogP contribution in [0.1, 0.15) is 32.7 Å². The van der Waals surface area contributed by atoms with E-state index >= 15 is 0 Å². The molecule has 0 bridgehead atoms. The number of hydrogen-bond donors (Lipinski definition) is 2. The van der Waals surface area contributed by atoms with Gasteiger partial charge in [0.2, 0.25) is 0 Å². The molecule has 32 heavy (non-hydrogen) atoms. The molecule has 3 aromatic rings. The van der Waals surface area contributed by atoms with Crippen LogP contribution in [0.2, 0.25) is 0 Å². The van der Waals surface area contributed by atoms with Gasteiger partial charge < -0.3 is 19.7 Å². The molecule has 0 amide bonds. The average molecular weight is 428 g/mol. The molecule has 160 valence electrons. The first-order valence-electron chi connectivity index (χ1n) is 9.94. The Bertz CT molecular complexity index is 1150. The number of carbonyl (C=O) groups is 2. The normalized spacial score (nSPS) is 14.3. The minimum atomic E-state index is -1.29. The van der Waals surface area contributed by atoms with Gasteiger partial charge in [-0.15, -0.1) is 0 Å². The summed E-state index contributed by atoms with van der Waals surface area (Å²) in [6.07, 6.45) is 5.93. The fraction of sp³-hybridized carbons (Fsp3) is 0.0769. The van der Waals surface area contributed by atoms with Gasteiger partial charge in [0.15, 0.2) is 0 Å². The van der Waals surface area contributed by atoms with Gasteiger partial charge in [0.1, 0.15) is 11.5 Å². The number of rotatable bonds is 7. The van der Waals surface area contributed by atoms with Gasteiger partial charge in [0, 0.05) is 12.5 Å². The van der Waals surface area contributed by atoms with Crippen molar-refractivity contribution in [1.82, 2.24) is 0 Å². The van der Waals surface area contributed by atoms with Gasteiger partial charge in [0.05, 0.1) is 11.1 Å². The molecule has 0 heterocycles. The van der Waals surface area contributed by atoms with Crippen molar-refractivity contribution in [1.29, 1.82) is 0 Å². The van der Waals surface area contributed by atoms with Crippen LogP contribution in [0.15, 0.2) is 97.1 Å². The molecule has 0 atom stereocenters. The lowest BCUT2D eigenvalue weighted by Crippen LogP contribution is -2.41. The van der Waals surface area contributed by atoms with Crippen LogP contribution >= 0.6 is 0 Å². The van der Waals surface area contributed by atoms with Crippen LogP contribution in [-0.2, 0) is 0 Å². The molecule has 2 N–H and O–H groups in total. The van der Waals surface area contributed by atoms with Crippen LogP contribution < -0.4 is 9.47 Å². The van der Waals surface area contributed by atoms with E-state index in [0.29, 0.717) is 17.9 Å². The van der Waals surface area contributed by atoms with Crippen molar-refractivity contribution >= 4 is 17.5 Å². The molecule has 0 aromatic heterocycles. The van der Waals surface area contributed by atoms with Gasteiger partial charge in [-0.25, -0.2) is 9.59 Å². The van der Waals surface area contributed by atoms with Gasteiger partial charge in [-0.05, 0) is 47.5 Å². The van der Waals surface area contributed by atoms with E-state index < -0.39 is 17.7 Å². The van der Waals surface area contributed by atoms with E-state index in [-0.39, 0.29) is 11.1 Å². The van der Waals surface area contributed by atoms with Crippen LogP contribution in [0, 0.1) is 0 Å². The zero-order valence-corrected chi connectivity index (χ0v) is 17.0. The summed E-state index contributed by atoms with van der Waals surface area (Å²) in [6, 6.07) is 22.1. The molecule has 6 nitrogen and oxygen atoms in total. The maximum atomic E-state index is 11.4. The molecule has 3 aromatic carbocycles. The van der Waals surface area contributed by atoms with E-state index in [1.54, 1.807) is 30.3 Å². The molecule has 0 spiro atoms.